The molecule has 3 aromatic heterocycles. The molecule has 0 radical (unpaired) electrons. The van der Waals surface area contributed by atoms with E-state index in [2.05, 4.69) is 19.9 Å². The minimum atomic E-state index is -0.916. The van der Waals surface area contributed by atoms with E-state index in [1.807, 2.05) is 63.2 Å². The molecule has 12 nitrogen and oxygen atoms in total. The Labute approximate surface area is 265 Å². The maximum absolute atomic E-state index is 12.8. The van der Waals surface area contributed by atoms with Crippen LogP contribution in [0.4, 0.5) is 9.59 Å². The molecule has 12 heteroatoms. The van der Waals surface area contributed by atoms with Crippen molar-refractivity contribution >= 4 is 23.2 Å². The summed E-state index contributed by atoms with van der Waals surface area (Å²) < 4.78 is 5.63. The van der Waals surface area contributed by atoms with Crippen molar-refractivity contribution in [1.82, 2.24) is 39.7 Å². The van der Waals surface area contributed by atoms with E-state index in [1.54, 1.807) is 23.5 Å². The van der Waals surface area contributed by atoms with Crippen LogP contribution in [0.3, 0.4) is 0 Å². The van der Waals surface area contributed by atoms with Gasteiger partial charge >= 0.3 is 12.2 Å². The van der Waals surface area contributed by atoms with Crippen LogP contribution in [0, 0.1) is 0 Å². The molecule has 2 fully saturated rings. The number of fused-ring (bicyclic) bond motifs is 1. The smallest absolute Gasteiger partial charge is 0.410 e. The van der Waals surface area contributed by atoms with Gasteiger partial charge in [0.2, 0.25) is 0 Å². The number of benzene rings is 2. The lowest BCUT2D eigenvalue weighted by atomic mass is 10.1. The summed E-state index contributed by atoms with van der Waals surface area (Å²) in [6.07, 6.45) is 7.37. The molecule has 2 saturated heterocycles. The van der Waals surface area contributed by atoms with Crippen LogP contribution in [0.2, 0.25) is 0 Å². The van der Waals surface area contributed by atoms with E-state index in [0.29, 0.717) is 18.9 Å². The lowest BCUT2D eigenvalue weighted by molar-refractivity contribution is 0.0219. The third-order valence-corrected chi connectivity index (χ3v) is 8.55. The van der Waals surface area contributed by atoms with Crippen molar-refractivity contribution in [1.29, 1.82) is 0 Å². The summed E-state index contributed by atoms with van der Waals surface area (Å²) in [5.74, 6) is 1.43. The molecule has 7 rings (SSSR count). The molecule has 0 spiro atoms. The topological polar surface area (TPSA) is 153 Å². The van der Waals surface area contributed by atoms with E-state index in [4.69, 9.17) is 14.7 Å². The van der Waals surface area contributed by atoms with E-state index in [-0.39, 0.29) is 18.2 Å². The van der Waals surface area contributed by atoms with Crippen LogP contribution in [0.25, 0.3) is 44.8 Å². The van der Waals surface area contributed by atoms with E-state index < -0.39 is 11.7 Å². The van der Waals surface area contributed by atoms with Crippen molar-refractivity contribution in [2.75, 3.05) is 13.1 Å². The van der Waals surface area contributed by atoms with Gasteiger partial charge in [-0.1, -0.05) is 30.3 Å². The maximum Gasteiger partial charge on any atom is 0.410 e. The SMILES string of the molecule is CC(C)(C)OC(=O)N1CCC[C@H]1c1nc2ccc(-c3cnc(-c4ccc(-c5cnc([C@@H]6CCCN6C(=O)O)[nH]5)cc4)cn3)cc2[nH]1. The Hall–Kier alpha value is -5.26. The average Bonchev–Trinajstić information content (AvgIpc) is 3.85. The number of carboxylic acid groups (broad SMARTS) is 1. The van der Waals surface area contributed by atoms with Crippen LogP contribution < -0.4 is 0 Å². The Morgan fingerprint density at radius 3 is 2.11 bits per heavy atom. The first-order valence-electron chi connectivity index (χ1n) is 15.6. The van der Waals surface area contributed by atoms with Gasteiger partial charge in [0, 0.05) is 24.2 Å². The fourth-order valence-electron chi connectivity index (χ4n) is 6.32. The molecule has 5 heterocycles. The second-order valence-corrected chi connectivity index (χ2v) is 12.9. The zero-order valence-electron chi connectivity index (χ0n) is 26.0. The standard InChI is InChI=1S/C34H36N8O4/c1-34(2,3)46-33(45)42-15-5-7-29(42)31-38-23-13-12-22(16-24(23)39-31)26-18-35-25(17-36-26)20-8-10-21(11-9-20)27-19-37-30(40-27)28-6-4-14-41(28)32(43)44/h8-13,16-19,28-29H,4-7,14-15H2,1-3H3,(H,37,40)(H,38,39)(H,43,44)/t28-,29-/m0/s1. The lowest BCUT2D eigenvalue weighted by Crippen LogP contribution is -2.36. The number of aromatic amines is 2. The number of H-pyrrole nitrogens is 2. The van der Waals surface area contributed by atoms with Crippen molar-refractivity contribution < 1.29 is 19.4 Å². The Bertz CT molecular complexity index is 1890. The molecule has 236 valence electrons. The highest BCUT2D eigenvalue weighted by atomic mass is 16.6. The number of aromatic nitrogens is 6. The van der Waals surface area contributed by atoms with Gasteiger partial charge in [-0.3, -0.25) is 19.8 Å². The Balaban J connectivity index is 1.05. The van der Waals surface area contributed by atoms with Crippen molar-refractivity contribution in [3.05, 3.63) is 72.7 Å². The summed E-state index contributed by atoms with van der Waals surface area (Å²) in [6.45, 7) is 6.79. The molecule has 2 aliphatic rings. The normalized spacial score (nSPS) is 18.4. The third-order valence-electron chi connectivity index (χ3n) is 8.55. The van der Waals surface area contributed by atoms with E-state index in [9.17, 15) is 14.7 Å². The summed E-state index contributed by atoms with van der Waals surface area (Å²) in [4.78, 5) is 53.0. The minimum Gasteiger partial charge on any atom is -0.465 e. The van der Waals surface area contributed by atoms with Gasteiger partial charge in [-0.05, 0) is 64.2 Å². The molecule has 0 bridgehead atoms. The predicted octanol–water partition coefficient (Wildman–Crippen LogP) is 6.96. The molecule has 2 aliphatic heterocycles. The quantitative estimate of drug-likeness (QED) is 0.191. The average molecular weight is 621 g/mol. The second-order valence-electron chi connectivity index (χ2n) is 12.9. The summed E-state index contributed by atoms with van der Waals surface area (Å²) in [5, 5.41) is 9.47. The number of hydrogen-bond acceptors (Lipinski definition) is 7. The Morgan fingerprint density at radius 1 is 0.804 bits per heavy atom. The van der Waals surface area contributed by atoms with E-state index >= 15 is 0 Å². The monoisotopic (exact) mass is 620 g/mol. The van der Waals surface area contributed by atoms with Crippen molar-refractivity contribution in [3.8, 4) is 33.8 Å². The highest BCUT2D eigenvalue weighted by Gasteiger charge is 2.35. The van der Waals surface area contributed by atoms with Gasteiger partial charge < -0.3 is 19.8 Å². The van der Waals surface area contributed by atoms with E-state index in [1.165, 1.54) is 4.90 Å². The van der Waals surface area contributed by atoms with Crippen molar-refractivity contribution in [2.24, 2.45) is 0 Å². The summed E-state index contributed by atoms with van der Waals surface area (Å²) in [5.41, 5.74) is 6.25. The fourth-order valence-corrected chi connectivity index (χ4v) is 6.32. The van der Waals surface area contributed by atoms with Gasteiger partial charge in [-0.2, -0.15) is 0 Å². The first-order valence-corrected chi connectivity index (χ1v) is 15.6. The predicted molar refractivity (Wildman–Crippen MR) is 172 cm³/mol. The molecular weight excluding hydrogens is 584 g/mol. The van der Waals surface area contributed by atoms with Crippen LogP contribution in [0.5, 0.6) is 0 Å². The molecular formula is C34H36N8O4. The Morgan fingerprint density at radius 2 is 1.43 bits per heavy atom. The number of rotatable bonds is 5. The lowest BCUT2D eigenvalue weighted by Gasteiger charge is -2.27. The molecule has 0 aliphatic carbocycles. The first kappa shape index (κ1) is 29.5. The molecule has 46 heavy (non-hydrogen) atoms. The van der Waals surface area contributed by atoms with Crippen LogP contribution in [-0.4, -0.2) is 75.7 Å². The fraction of sp³-hybridized carbons (Fsp3) is 0.353. The first-order chi connectivity index (χ1) is 22.1. The number of likely N-dealkylation sites (tertiary alicyclic amines) is 2. The van der Waals surface area contributed by atoms with Crippen molar-refractivity contribution in [3.63, 3.8) is 0 Å². The number of nitrogens with zero attached hydrogens (tertiary/aromatic N) is 6. The van der Waals surface area contributed by atoms with Crippen LogP contribution >= 0.6 is 0 Å². The molecule has 0 saturated carbocycles. The molecule has 2 aromatic carbocycles. The largest absolute Gasteiger partial charge is 0.465 e. The van der Waals surface area contributed by atoms with Gasteiger partial charge in [0.15, 0.2) is 0 Å². The van der Waals surface area contributed by atoms with Gasteiger partial charge in [-0.15, -0.1) is 0 Å². The zero-order chi connectivity index (χ0) is 32.0. The second kappa shape index (κ2) is 11.6. The minimum absolute atomic E-state index is 0.152. The van der Waals surface area contributed by atoms with Crippen LogP contribution in [0.1, 0.15) is 70.2 Å². The summed E-state index contributed by atoms with van der Waals surface area (Å²) in [6, 6.07) is 13.5. The van der Waals surface area contributed by atoms with Gasteiger partial charge in [0.1, 0.15) is 17.2 Å². The molecule has 3 N–H and O–H groups in total. The van der Waals surface area contributed by atoms with Crippen LogP contribution in [0.15, 0.2) is 61.1 Å². The Kier molecular flexibility index (Phi) is 7.42. The number of imidazole rings is 2. The maximum atomic E-state index is 12.8. The summed E-state index contributed by atoms with van der Waals surface area (Å²) >= 11 is 0. The number of ether oxygens (including phenoxy) is 1. The number of hydrogen-bond donors (Lipinski definition) is 3. The van der Waals surface area contributed by atoms with Crippen LogP contribution in [-0.2, 0) is 4.74 Å². The van der Waals surface area contributed by atoms with Gasteiger partial charge in [0.05, 0.1) is 58.8 Å². The van der Waals surface area contributed by atoms with Gasteiger partial charge in [-0.25, -0.2) is 19.6 Å². The summed E-state index contributed by atoms with van der Waals surface area (Å²) in [7, 11) is 0. The molecule has 5 aromatic rings. The number of carbonyl (C=O) groups is 2. The molecule has 2 atom stereocenters. The molecule has 0 unspecified atom stereocenters. The highest BCUT2D eigenvalue weighted by Crippen LogP contribution is 2.34. The van der Waals surface area contributed by atoms with E-state index in [0.717, 1.165) is 76.3 Å². The van der Waals surface area contributed by atoms with Gasteiger partial charge in [0.25, 0.3) is 0 Å². The number of amides is 2. The highest BCUT2D eigenvalue weighted by molar-refractivity contribution is 5.81. The molecule has 2 amide bonds. The number of nitrogens with one attached hydrogen (secondary N) is 2. The number of carbonyl (C=O) groups excluding carboxylic acids is 1. The van der Waals surface area contributed by atoms with Crippen molar-refractivity contribution in [2.45, 2.75) is 64.1 Å². The third kappa shape index (κ3) is 5.78. The zero-order valence-corrected chi connectivity index (χ0v) is 26.0.